The first-order chi connectivity index (χ1) is 5.99. The molecule has 13 heavy (non-hydrogen) atoms. The molecule has 3 nitrogen and oxygen atoms in total. The Morgan fingerprint density at radius 1 is 1.62 bits per heavy atom. The lowest BCUT2D eigenvalue weighted by Gasteiger charge is -2.21. The number of hydrogen-bond donors (Lipinski definition) is 1. The molecule has 0 saturated heterocycles. The van der Waals surface area contributed by atoms with Crippen LogP contribution in [0.2, 0.25) is 0 Å². The van der Waals surface area contributed by atoms with E-state index in [0.717, 1.165) is 12.0 Å². The van der Waals surface area contributed by atoms with Gasteiger partial charge in [-0.25, -0.2) is 4.79 Å². The summed E-state index contributed by atoms with van der Waals surface area (Å²) < 4.78 is 4.91. The second-order valence-electron chi connectivity index (χ2n) is 3.71. The lowest BCUT2D eigenvalue weighted by Crippen LogP contribution is -2.18. The first-order valence-electron chi connectivity index (χ1n) is 4.30. The third-order valence-electron chi connectivity index (χ3n) is 2.47. The van der Waals surface area contributed by atoms with Crippen LogP contribution in [0, 0.1) is 0 Å². The van der Waals surface area contributed by atoms with Crippen molar-refractivity contribution >= 4 is 5.97 Å². The molecule has 1 aromatic heterocycles. The minimum atomic E-state index is -0.999. The first kappa shape index (κ1) is 9.84. The molecule has 0 bridgehead atoms. The van der Waals surface area contributed by atoms with Gasteiger partial charge >= 0.3 is 5.97 Å². The third-order valence-corrected chi connectivity index (χ3v) is 2.47. The predicted molar refractivity (Wildman–Crippen MR) is 49.0 cm³/mol. The zero-order chi connectivity index (χ0) is 10.1. The van der Waals surface area contributed by atoms with Crippen LogP contribution in [0.15, 0.2) is 16.7 Å². The van der Waals surface area contributed by atoms with Crippen LogP contribution in [0.25, 0.3) is 0 Å². The monoisotopic (exact) mass is 182 g/mol. The fraction of sp³-hybridized carbons (Fsp3) is 0.500. The summed E-state index contributed by atoms with van der Waals surface area (Å²) in [6, 6.07) is 1.73. The van der Waals surface area contributed by atoms with E-state index in [9.17, 15) is 4.79 Å². The Morgan fingerprint density at radius 2 is 2.23 bits per heavy atom. The van der Waals surface area contributed by atoms with E-state index in [0.29, 0.717) is 0 Å². The van der Waals surface area contributed by atoms with Gasteiger partial charge in [0.2, 0.25) is 5.76 Å². The normalized spacial score (nSPS) is 11.6. The fourth-order valence-electron chi connectivity index (χ4n) is 1.20. The Labute approximate surface area is 77.4 Å². The largest absolute Gasteiger partial charge is 0.475 e. The summed E-state index contributed by atoms with van der Waals surface area (Å²) in [4.78, 5) is 10.8. The van der Waals surface area contributed by atoms with Crippen LogP contribution in [0.3, 0.4) is 0 Å². The van der Waals surface area contributed by atoms with Crippen molar-refractivity contribution in [2.75, 3.05) is 0 Å². The highest BCUT2D eigenvalue weighted by molar-refractivity contribution is 5.86. The molecule has 1 aromatic rings. The van der Waals surface area contributed by atoms with Crippen LogP contribution in [0.1, 0.15) is 43.3 Å². The average molecular weight is 182 g/mol. The van der Waals surface area contributed by atoms with Gasteiger partial charge in [0.05, 0.1) is 6.26 Å². The number of furan rings is 1. The van der Waals surface area contributed by atoms with E-state index in [1.807, 2.05) is 20.8 Å². The summed E-state index contributed by atoms with van der Waals surface area (Å²) >= 11 is 0. The van der Waals surface area contributed by atoms with E-state index < -0.39 is 5.97 Å². The molecular formula is C10H14O3. The van der Waals surface area contributed by atoms with Crippen molar-refractivity contribution in [2.24, 2.45) is 0 Å². The van der Waals surface area contributed by atoms with Crippen molar-refractivity contribution in [1.82, 2.24) is 0 Å². The minimum Gasteiger partial charge on any atom is -0.475 e. The quantitative estimate of drug-likeness (QED) is 0.781. The van der Waals surface area contributed by atoms with Crippen molar-refractivity contribution in [3.8, 4) is 0 Å². The zero-order valence-electron chi connectivity index (χ0n) is 8.13. The second kappa shape index (κ2) is 3.24. The first-order valence-corrected chi connectivity index (χ1v) is 4.30. The van der Waals surface area contributed by atoms with E-state index in [-0.39, 0.29) is 11.2 Å². The smallest absolute Gasteiger partial charge is 0.372 e. The molecule has 0 saturated carbocycles. The Hall–Kier alpha value is -1.25. The van der Waals surface area contributed by atoms with Crippen LogP contribution >= 0.6 is 0 Å². The highest BCUT2D eigenvalue weighted by Gasteiger charge is 2.26. The van der Waals surface area contributed by atoms with Gasteiger partial charge in [0, 0.05) is 5.56 Å². The van der Waals surface area contributed by atoms with Crippen LogP contribution in [0.4, 0.5) is 0 Å². The van der Waals surface area contributed by atoms with Crippen molar-refractivity contribution in [1.29, 1.82) is 0 Å². The number of carbonyl (C=O) groups is 1. The lowest BCUT2D eigenvalue weighted by molar-refractivity contribution is 0.0658. The number of carboxylic acids is 1. The highest BCUT2D eigenvalue weighted by Crippen LogP contribution is 2.30. The van der Waals surface area contributed by atoms with Crippen LogP contribution in [-0.2, 0) is 5.41 Å². The van der Waals surface area contributed by atoms with Crippen molar-refractivity contribution < 1.29 is 14.3 Å². The van der Waals surface area contributed by atoms with Gasteiger partial charge in [-0.2, -0.15) is 0 Å². The lowest BCUT2D eigenvalue weighted by atomic mass is 9.82. The summed E-state index contributed by atoms with van der Waals surface area (Å²) in [5, 5.41) is 8.82. The van der Waals surface area contributed by atoms with Crippen LogP contribution in [0.5, 0.6) is 0 Å². The number of aromatic carboxylic acids is 1. The summed E-state index contributed by atoms with van der Waals surface area (Å²) in [5.74, 6) is -0.937. The number of hydrogen-bond acceptors (Lipinski definition) is 2. The summed E-state index contributed by atoms with van der Waals surface area (Å²) in [7, 11) is 0. The van der Waals surface area contributed by atoms with Gasteiger partial charge in [0.15, 0.2) is 0 Å². The maximum atomic E-state index is 10.8. The van der Waals surface area contributed by atoms with Gasteiger partial charge in [-0.1, -0.05) is 20.8 Å². The summed E-state index contributed by atoms with van der Waals surface area (Å²) in [6.07, 6.45) is 2.31. The molecule has 1 rings (SSSR count). The zero-order valence-corrected chi connectivity index (χ0v) is 8.13. The number of rotatable bonds is 3. The van der Waals surface area contributed by atoms with Crippen molar-refractivity contribution in [3.63, 3.8) is 0 Å². The van der Waals surface area contributed by atoms with E-state index >= 15 is 0 Å². The molecule has 0 unspecified atom stereocenters. The Morgan fingerprint density at radius 3 is 2.69 bits per heavy atom. The van der Waals surface area contributed by atoms with Gasteiger partial charge in [0.25, 0.3) is 0 Å². The third kappa shape index (κ3) is 1.74. The molecule has 72 valence electrons. The molecular weight excluding hydrogens is 168 g/mol. The topological polar surface area (TPSA) is 50.4 Å². The fourth-order valence-corrected chi connectivity index (χ4v) is 1.20. The molecule has 0 aliphatic heterocycles. The Kier molecular flexibility index (Phi) is 2.45. The highest BCUT2D eigenvalue weighted by atomic mass is 16.4. The number of carboxylic acid groups (broad SMARTS) is 1. The molecule has 3 heteroatoms. The molecule has 0 radical (unpaired) electrons. The molecule has 1 N–H and O–H groups in total. The van der Waals surface area contributed by atoms with Gasteiger partial charge in [-0.15, -0.1) is 0 Å². The Bertz CT molecular complexity index is 310. The van der Waals surface area contributed by atoms with E-state index in [4.69, 9.17) is 9.52 Å². The van der Waals surface area contributed by atoms with E-state index in [1.54, 1.807) is 6.07 Å². The maximum Gasteiger partial charge on any atom is 0.372 e. The molecule has 1 heterocycles. The molecule has 0 atom stereocenters. The molecule has 0 amide bonds. The van der Waals surface area contributed by atoms with Crippen molar-refractivity contribution in [2.45, 2.75) is 32.6 Å². The molecule has 0 aliphatic carbocycles. The minimum absolute atomic E-state index is 0.0619. The van der Waals surface area contributed by atoms with Gasteiger partial charge < -0.3 is 9.52 Å². The molecule has 0 fully saturated rings. The Balaban J connectivity index is 3.14. The van der Waals surface area contributed by atoms with E-state index in [1.165, 1.54) is 6.26 Å². The van der Waals surface area contributed by atoms with Crippen LogP contribution < -0.4 is 0 Å². The van der Waals surface area contributed by atoms with Gasteiger partial charge in [-0.05, 0) is 17.9 Å². The SMILES string of the molecule is CCC(C)(C)c1ccoc1C(=O)O. The summed E-state index contributed by atoms with van der Waals surface area (Å²) in [6.45, 7) is 6.03. The van der Waals surface area contributed by atoms with Crippen molar-refractivity contribution in [3.05, 3.63) is 23.7 Å². The predicted octanol–water partition coefficient (Wildman–Crippen LogP) is 2.67. The molecule has 0 spiro atoms. The van der Waals surface area contributed by atoms with E-state index in [2.05, 4.69) is 0 Å². The van der Waals surface area contributed by atoms with Gasteiger partial charge in [0.1, 0.15) is 0 Å². The molecule has 0 aliphatic rings. The van der Waals surface area contributed by atoms with Crippen LogP contribution in [-0.4, -0.2) is 11.1 Å². The molecule has 0 aromatic carbocycles. The summed E-state index contributed by atoms with van der Waals surface area (Å²) in [5.41, 5.74) is 0.628. The average Bonchev–Trinajstić information content (AvgIpc) is 2.52. The van der Waals surface area contributed by atoms with Gasteiger partial charge in [-0.3, -0.25) is 0 Å². The standard InChI is InChI=1S/C10H14O3/c1-4-10(2,3)7-5-6-13-8(7)9(11)12/h5-6H,4H2,1-3H3,(H,11,12). The maximum absolute atomic E-state index is 10.8. The second-order valence-corrected chi connectivity index (χ2v) is 3.71.